The molecule has 1 saturated carbocycles. The van der Waals surface area contributed by atoms with Crippen molar-refractivity contribution < 1.29 is 38.1 Å². The van der Waals surface area contributed by atoms with Crippen LogP contribution < -0.4 is 16.4 Å². The van der Waals surface area contributed by atoms with Crippen LogP contribution in [0.15, 0.2) is 65.7 Å². The normalized spacial score (nSPS) is 24.1. The summed E-state index contributed by atoms with van der Waals surface area (Å²) in [5.41, 5.74) is 4.73. The van der Waals surface area contributed by atoms with Crippen LogP contribution in [0.1, 0.15) is 18.4 Å². The van der Waals surface area contributed by atoms with Crippen LogP contribution in [0.4, 0.5) is 0 Å². The Balaban J connectivity index is 1.46. The summed E-state index contributed by atoms with van der Waals surface area (Å²) in [5, 5.41) is 37.5. The van der Waals surface area contributed by atoms with Gasteiger partial charge in [-0.2, -0.15) is 0 Å². The third-order valence-electron chi connectivity index (χ3n) is 6.85. The van der Waals surface area contributed by atoms with Gasteiger partial charge in [-0.3, -0.25) is 14.4 Å². The van der Waals surface area contributed by atoms with Crippen LogP contribution in [0.25, 0.3) is 10.9 Å². The van der Waals surface area contributed by atoms with Crippen LogP contribution in [-0.4, -0.2) is 82.1 Å². The number of aromatic nitrogens is 1. The lowest BCUT2D eigenvalue weighted by molar-refractivity contribution is -0.160. The van der Waals surface area contributed by atoms with Gasteiger partial charge in [0.1, 0.15) is 23.5 Å². The van der Waals surface area contributed by atoms with Gasteiger partial charge >= 0.3 is 0 Å². The molecule has 13 heteroatoms. The lowest BCUT2D eigenvalue weighted by Crippen LogP contribution is -2.64. The zero-order chi connectivity index (χ0) is 28.4. The average molecular weight is 559 g/mol. The van der Waals surface area contributed by atoms with Gasteiger partial charge in [-0.1, -0.05) is 36.4 Å². The van der Waals surface area contributed by atoms with Gasteiger partial charge in [-0.05, 0) is 23.8 Å². The van der Waals surface area contributed by atoms with E-state index < -0.39 is 76.0 Å². The molecule has 0 saturated heterocycles. The van der Waals surface area contributed by atoms with Crippen molar-refractivity contribution in [3.63, 3.8) is 0 Å². The molecule has 5 unspecified atom stereocenters. The molecule has 208 valence electrons. The van der Waals surface area contributed by atoms with E-state index in [0.29, 0.717) is 5.56 Å². The fraction of sp³-hybridized carbons (Fsp3) is 0.346. The van der Waals surface area contributed by atoms with Gasteiger partial charge in [-0.15, -0.1) is 0 Å². The number of primary amides is 1. The molecular formula is C26H30N4O8S. The molecule has 2 aromatic carbocycles. The highest BCUT2D eigenvalue weighted by Crippen LogP contribution is 2.30. The second-order valence-corrected chi connectivity index (χ2v) is 11.7. The molecule has 1 aromatic heterocycles. The van der Waals surface area contributed by atoms with Crippen LogP contribution in [0.2, 0.25) is 0 Å². The largest absolute Gasteiger partial charge is 0.390 e. The quantitative estimate of drug-likeness (QED) is 0.171. The first kappa shape index (κ1) is 28.2. The molecule has 1 heterocycles. The number of H-pyrrole nitrogens is 1. The van der Waals surface area contributed by atoms with E-state index in [4.69, 9.17) is 5.73 Å². The Kier molecular flexibility index (Phi) is 8.07. The van der Waals surface area contributed by atoms with E-state index in [0.717, 1.165) is 10.9 Å². The number of nitrogens with two attached hydrogens (primary N) is 1. The lowest BCUT2D eigenvalue weighted by atomic mass is 9.77. The molecule has 3 amide bonds. The summed E-state index contributed by atoms with van der Waals surface area (Å²) in [4.78, 5) is 40.9. The Morgan fingerprint density at radius 1 is 1.05 bits per heavy atom. The summed E-state index contributed by atoms with van der Waals surface area (Å²) in [6.07, 6.45) is -2.66. The van der Waals surface area contributed by atoms with Crippen molar-refractivity contribution in [1.82, 2.24) is 15.6 Å². The van der Waals surface area contributed by atoms with Gasteiger partial charge in [0.05, 0.1) is 17.0 Å². The molecule has 39 heavy (non-hydrogen) atoms. The highest BCUT2D eigenvalue weighted by molar-refractivity contribution is 7.92. The molecule has 0 aliphatic heterocycles. The van der Waals surface area contributed by atoms with Crippen molar-refractivity contribution >= 4 is 38.5 Å². The number of hydrogen-bond acceptors (Lipinski definition) is 8. The first-order chi connectivity index (χ1) is 18.4. The fourth-order valence-corrected chi connectivity index (χ4v) is 5.96. The number of benzene rings is 2. The van der Waals surface area contributed by atoms with Gasteiger partial charge in [-0.25, -0.2) is 8.42 Å². The van der Waals surface area contributed by atoms with Crippen molar-refractivity contribution in [2.24, 2.45) is 5.73 Å². The van der Waals surface area contributed by atoms with E-state index in [1.807, 2.05) is 24.3 Å². The lowest BCUT2D eigenvalue weighted by Gasteiger charge is -2.41. The highest BCUT2D eigenvalue weighted by Gasteiger charge is 2.49. The molecule has 1 aliphatic rings. The second-order valence-electron chi connectivity index (χ2n) is 9.74. The molecule has 1 aliphatic carbocycles. The summed E-state index contributed by atoms with van der Waals surface area (Å²) in [6.45, 7) is 0. The third-order valence-corrected chi connectivity index (χ3v) is 8.48. The van der Waals surface area contributed by atoms with Crippen LogP contribution in [0.5, 0.6) is 0 Å². The zero-order valence-corrected chi connectivity index (χ0v) is 21.6. The van der Waals surface area contributed by atoms with E-state index in [2.05, 4.69) is 15.6 Å². The molecule has 5 atom stereocenters. The fourth-order valence-electron chi connectivity index (χ4n) is 4.79. The predicted molar refractivity (Wildman–Crippen MR) is 140 cm³/mol. The van der Waals surface area contributed by atoms with E-state index in [9.17, 15) is 38.1 Å². The number of carbonyl (C=O) groups excluding carboxylic acids is 3. The number of sulfone groups is 1. The second kappa shape index (κ2) is 11.1. The highest BCUT2D eigenvalue weighted by atomic mass is 32.2. The Hall–Kier alpha value is -3.78. The van der Waals surface area contributed by atoms with E-state index in [1.54, 1.807) is 12.3 Å². The van der Waals surface area contributed by atoms with Crippen LogP contribution in [0.3, 0.4) is 0 Å². The minimum Gasteiger partial charge on any atom is -0.390 e. The standard InChI is InChI=1S/C26H30N4O8S/c27-24(34)19(10-15-13-28-18-9-5-4-8-17(15)18)30-25(35)26(36)11-20(23(33)21(31)12-26)29-22(32)14-39(37,38)16-6-2-1-3-7-16/h1-9,13,19-21,23,28,31,33,36H,10-12,14H2,(H2,27,34)(H,29,32)(H,30,35). The van der Waals surface area contributed by atoms with E-state index >= 15 is 0 Å². The van der Waals surface area contributed by atoms with Gasteiger partial charge in [0.15, 0.2) is 9.84 Å². The maximum absolute atomic E-state index is 13.1. The van der Waals surface area contributed by atoms with Crippen molar-refractivity contribution in [2.45, 2.75) is 54.1 Å². The third kappa shape index (κ3) is 6.28. The number of fused-ring (bicyclic) bond motifs is 1. The van der Waals surface area contributed by atoms with Crippen LogP contribution in [0, 0.1) is 0 Å². The number of aromatic amines is 1. The number of nitrogens with one attached hydrogen (secondary N) is 3. The predicted octanol–water partition coefficient (Wildman–Crippen LogP) is -1.11. The number of amides is 3. The Bertz CT molecular complexity index is 1480. The summed E-state index contributed by atoms with van der Waals surface area (Å²) < 4.78 is 25.1. The van der Waals surface area contributed by atoms with Crippen molar-refractivity contribution in [3.8, 4) is 0 Å². The molecule has 3 aromatic rings. The van der Waals surface area contributed by atoms with Crippen LogP contribution >= 0.6 is 0 Å². The average Bonchev–Trinajstić information content (AvgIpc) is 3.29. The monoisotopic (exact) mass is 558 g/mol. The molecule has 12 nitrogen and oxygen atoms in total. The summed E-state index contributed by atoms with van der Waals surface area (Å²) in [5.74, 6) is -3.83. The minimum atomic E-state index is -4.00. The smallest absolute Gasteiger partial charge is 0.252 e. The Morgan fingerprint density at radius 2 is 1.72 bits per heavy atom. The van der Waals surface area contributed by atoms with Gasteiger partial charge in [0.2, 0.25) is 11.8 Å². The summed E-state index contributed by atoms with van der Waals surface area (Å²) in [6, 6.07) is 12.0. The van der Waals surface area contributed by atoms with Crippen molar-refractivity contribution in [1.29, 1.82) is 0 Å². The molecular weight excluding hydrogens is 528 g/mol. The minimum absolute atomic E-state index is 0.0177. The Labute approximate surface area is 224 Å². The number of aliphatic hydroxyl groups is 3. The van der Waals surface area contributed by atoms with Crippen LogP contribution in [-0.2, 0) is 30.6 Å². The first-order valence-corrected chi connectivity index (χ1v) is 13.9. The number of para-hydroxylation sites is 1. The van der Waals surface area contributed by atoms with Crippen molar-refractivity contribution in [2.75, 3.05) is 5.75 Å². The molecule has 4 rings (SSSR count). The first-order valence-electron chi connectivity index (χ1n) is 12.2. The Morgan fingerprint density at radius 3 is 2.41 bits per heavy atom. The maximum Gasteiger partial charge on any atom is 0.252 e. The number of aliphatic hydroxyl groups excluding tert-OH is 2. The van der Waals surface area contributed by atoms with E-state index in [-0.39, 0.29) is 11.3 Å². The maximum atomic E-state index is 13.1. The molecule has 1 fully saturated rings. The zero-order valence-electron chi connectivity index (χ0n) is 20.8. The molecule has 0 spiro atoms. The number of hydrogen-bond donors (Lipinski definition) is 7. The molecule has 0 radical (unpaired) electrons. The SMILES string of the molecule is NC(=O)C(Cc1c[nH]c2ccccc12)NC(=O)C1(O)CC(O)C(O)C(NC(=O)CS(=O)(=O)c2ccccc2)C1. The molecule has 0 bridgehead atoms. The van der Waals surface area contributed by atoms with Gasteiger partial charge in [0.25, 0.3) is 5.91 Å². The number of rotatable bonds is 9. The number of carbonyl (C=O) groups is 3. The summed E-state index contributed by atoms with van der Waals surface area (Å²) >= 11 is 0. The van der Waals surface area contributed by atoms with E-state index in [1.165, 1.54) is 24.3 Å². The molecule has 8 N–H and O–H groups in total. The summed E-state index contributed by atoms with van der Waals surface area (Å²) in [7, 11) is -4.00. The van der Waals surface area contributed by atoms with Crippen molar-refractivity contribution in [3.05, 3.63) is 66.4 Å². The van der Waals surface area contributed by atoms with Gasteiger partial charge in [0, 0.05) is 36.4 Å². The van der Waals surface area contributed by atoms with Gasteiger partial charge < -0.3 is 36.7 Å². The topological polar surface area (TPSA) is 212 Å².